The molecule has 0 radical (unpaired) electrons. The Kier molecular flexibility index (Phi) is 3.14. The van der Waals surface area contributed by atoms with Crippen LogP contribution in [0.2, 0.25) is 0 Å². The van der Waals surface area contributed by atoms with Gasteiger partial charge in [0, 0.05) is 18.8 Å². The van der Waals surface area contributed by atoms with Gasteiger partial charge in [-0.2, -0.15) is 0 Å². The Balaban J connectivity index is 2.49. The first-order valence-corrected chi connectivity index (χ1v) is 6.00. The number of rotatable bonds is 3. The predicted octanol–water partition coefficient (Wildman–Crippen LogP) is 3.99. The van der Waals surface area contributed by atoms with Gasteiger partial charge < -0.3 is 4.90 Å². The van der Waals surface area contributed by atoms with Gasteiger partial charge >= 0.3 is 0 Å². The molecule has 0 unspecified atom stereocenters. The minimum atomic E-state index is 1.06. The fourth-order valence-corrected chi connectivity index (χ4v) is 2.14. The molecule has 1 heteroatoms. The van der Waals surface area contributed by atoms with Crippen molar-refractivity contribution in [2.75, 3.05) is 18.0 Å². The summed E-state index contributed by atoms with van der Waals surface area (Å²) in [5, 5.41) is 2.66. The Bertz CT molecular complexity index is 484. The van der Waals surface area contributed by atoms with E-state index >= 15 is 0 Å². The number of hydrogen-bond acceptors (Lipinski definition) is 1. The molecule has 0 N–H and O–H groups in total. The quantitative estimate of drug-likeness (QED) is 0.745. The standard InChI is InChI=1S/C15H19N/c1-4-16(5-2)15-9-8-13-7-6-12(3)10-14(13)11-15/h6-11H,4-5H2,1-3H3. The van der Waals surface area contributed by atoms with E-state index in [1.165, 1.54) is 22.0 Å². The topological polar surface area (TPSA) is 3.24 Å². The predicted molar refractivity (Wildman–Crippen MR) is 72.2 cm³/mol. The summed E-state index contributed by atoms with van der Waals surface area (Å²) in [5.41, 5.74) is 2.65. The number of hydrogen-bond donors (Lipinski definition) is 0. The molecule has 0 saturated carbocycles. The molecule has 0 atom stereocenters. The molecule has 2 aromatic rings. The SMILES string of the molecule is CCN(CC)c1ccc2ccc(C)cc2c1. The van der Waals surface area contributed by atoms with Crippen molar-refractivity contribution in [2.45, 2.75) is 20.8 Å². The number of aryl methyl sites for hydroxylation is 1. The summed E-state index contributed by atoms with van der Waals surface area (Å²) in [5.74, 6) is 0. The van der Waals surface area contributed by atoms with Gasteiger partial charge in [0.25, 0.3) is 0 Å². The Morgan fingerprint density at radius 3 is 2.25 bits per heavy atom. The zero-order valence-electron chi connectivity index (χ0n) is 10.3. The molecule has 0 heterocycles. The molecule has 0 aliphatic rings. The fourth-order valence-electron chi connectivity index (χ4n) is 2.14. The second-order valence-corrected chi connectivity index (χ2v) is 4.21. The van der Waals surface area contributed by atoms with Crippen LogP contribution in [-0.4, -0.2) is 13.1 Å². The van der Waals surface area contributed by atoms with E-state index in [4.69, 9.17) is 0 Å². The molecule has 0 spiro atoms. The second kappa shape index (κ2) is 4.56. The number of nitrogens with zero attached hydrogens (tertiary/aromatic N) is 1. The molecule has 0 aromatic heterocycles. The Hall–Kier alpha value is -1.50. The van der Waals surface area contributed by atoms with E-state index in [2.05, 4.69) is 62.1 Å². The van der Waals surface area contributed by atoms with Crippen molar-refractivity contribution in [3.05, 3.63) is 42.0 Å². The Morgan fingerprint density at radius 2 is 1.56 bits per heavy atom. The van der Waals surface area contributed by atoms with Gasteiger partial charge in [0.1, 0.15) is 0 Å². The van der Waals surface area contributed by atoms with Crippen LogP contribution in [0.4, 0.5) is 5.69 Å². The van der Waals surface area contributed by atoms with Crippen LogP contribution in [0, 0.1) is 6.92 Å². The van der Waals surface area contributed by atoms with Crippen LogP contribution in [-0.2, 0) is 0 Å². The van der Waals surface area contributed by atoms with Crippen molar-refractivity contribution < 1.29 is 0 Å². The third-order valence-electron chi connectivity index (χ3n) is 3.11. The van der Waals surface area contributed by atoms with Gasteiger partial charge in [-0.25, -0.2) is 0 Å². The monoisotopic (exact) mass is 213 g/mol. The molecule has 1 nitrogen and oxygen atoms in total. The summed E-state index contributed by atoms with van der Waals surface area (Å²) >= 11 is 0. The molecular formula is C15H19N. The van der Waals surface area contributed by atoms with Crippen LogP contribution < -0.4 is 4.90 Å². The van der Waals surface area contributed by atoms with Crippen molar-refractivity contribution in [1.29, 1.82) is 0 Å². The summed E-state index contributed by atoms with van der Waals surface area (Å²) < 4.78 is 0. The van der Waals surface area contributed by atoms with E-state index < -0.39 is 0 Å². The molecule has 2 rings (SSSR count). The molecular weight excluding hydrogens is 194 g/mol. The third kappa shape index (κ3) is 2.04. The van der Waals surface area contributed by atoms with Gasteiger partial charge in [0.2, 0.25) is 0 Å². The lowest BCUT2D eigenvalue weighted by molar-refractivity contribution is 0.867. The first-order valence-electron chi connectivity index (χ1n) is 6.00. The normalized spacial score (nSPS) is 10.7. The van der Waals surface area contributed by atoms with Gasteiger partial charge in [0.05, 0.1) is 0 Å². The number of fused-ring (bicyclic) bond motifs is 1. The maximum Gasteiger partial charge on any atom is 0.0372 e. The van der Waals surface area contributed by atoms with Gasteiger partial charge in [-0.05, 0) is 43.7 Å². The summed E-state index contributed by atoms with van der Waals surface area (Å²) in [7, 11) is 0. The average Bonchev–Trinajstić information content (AvgIpc) is 2.30. The van der Waals surface area contributed by atoms with Crippen LogP contribution in [0.15, 0.2) is 36.4 Å². The largest absolute Gasteiger partial charge is 0.372 e. The van der Waals surface area contributed by atoms with E-state index in [1.54, 1.807) is 0 Å². The van der Waals surface area contributed by atoms with Crippen LogP contribution in [0.5, 0.6) is 0 Å². The smallest absolute Gasteiger partial charge is 0.0372 e. The molecule has 0 saturated heterocycles. The first kappa shape index (κ1) is 11.0. The zero-order valence-corrected chi connectivity index (χ0v) is 10.3. The highest BCUT2D eigenvalue weighted by atomic mass is 15.1. The molecule has 16 heavy (non-hydrogen) atoms. The van der Waals surface area contributed by atoms with E-state index in [-0.39, 0.29) is 0 Å². The molecule has 0 aliphatic heterocycles. The van der Waals surface area contributed by atoms with Gasteiger partial charge in [-0.1, -0.05) is 29.8 Å². The van der Waals surface area contributed by atoms with Crippen LogP contribution >= 0.6 is 0 Å². The average molecular weight is 213 g/mol. The van der Waals surface area contributed by atoms with Gasteiger partial charge in [0.15, 0.2) is 0 Å². The Morgan fingerprint density at radius 1 is 0.875 bits per heavy atom. The van der Waals surface area contributed by atoms with Crippen molar-refractivity contribution in [3.8, 4) is 0 Å². The van der Waals surface area contributed by atoms with Crippen molar-refractivity contribution in [1.82, 2.24) is 0 Å². The van der Waals surface area contributed by atoms with E-state index in [0.29, 0.717) is 0 Å². The summed E-state index contributed by atoms with van der Waals surface area (Å²) in [6, 6.07) is 13.3. The number of anilines is 1. The lowest BCUT2D eigenvalue weighted by Crippen LogP contribution is -2.21. The maximum absolute atomic E-state index is 2.38. The van der Waals surface area contributed by atoms with E-state index in [9.17, 15) is 0 Å². The summed E-state index contributed by atoms with van der Waals surface area (Å²) in [6.07, 6.45) is 0. The Labute approximate surface area is 97.7 Å². The highest BCUT2D eigenvalue weighted by molar-refractivity contribution is 5.86. The van der Waals surface area contributed by atoms with Crippen LogP contribution in [0.1, 0.15) is 19.4 Å². The van der Waals surface area contributed by atoms with Crippen LogP contribution in [0.25, 0.3) is 10.8 Å². The molecule has 0 amide bonds. The minimum absolute atomic E-state index is 1.06. The highest BCUT2D eigenvalue weighted by Gasteiger charge is 2.02. The zero-order chi connectivity index (χ0) is 11.5. The van der Waals surface area contributed by atoms with Crippen molar-refractivity contribution in [3.63, 3.8) is 0 Å². The maximum atomic E-state index is 2.38. The van der Waals surface area contributed by atoms with E-state index in [1.807, 2.05) is 0 Å². The second-order valence-electron chi connectivity index (χ2n) is 4.21. The first-order chi connectivity index (χ1) is 7.74. The highest BCUT2D eigenvalue weighted by Crippen LogP contribution is 2.22. The number of benzene rings is 2. The van der Waals surface area contributed by atoms with Crippen LogP contribution in [0.3, 0.4) is 0 Å². The molecule has 84 valence electrons. The van der Waals surface area contributed by atoms with Crippen molar-refractivity contribution in [2.24, 2.45) is 0 Å². The lowest BCUT2D eigenvalue weighted by Gasteiger charge is -2.21. The molecule has 0 aliphatic carbocycles. The minimum Gasteiger partial charge on any atom is -0.372 e. The lowest BCUT2D eigenvalue weighted by atomic mass is 10.1. The van der Waals surface area contributed by atoms with Gasteiger partial charge in [-0.3, -0.25) is 0 Å². The third-order valence-corrected chi connectivity index (χ3v) is 3.11. The van der Waals surface area contributed by atoms with E-state index in [0.717, 1.165) is 13.1 Å². The summed E-state index contributed by atoms with van der Waals surface area (Å²) in [4.78, 5) is 2.38. The summed E-state index contributed by atoms with van der Waals surface area (Å²) in [6.45, 7) is 8.67. The molecule has 0 bridgehead atoms. The molecule has 0 fully saturated rings. The van der Waals surface area contributed by atoms with Gasteiger partial charge in [-0.15, -0.1) is 0 Å². The fraction of sp³-hybridized carbons (Fsp3) is 0.333. The molecule has 2 aromatic carbocycles. The van der Waals surface area contributed by atoms with Crippen molar-refractivity contribution >= 4 is 16.5 Å².